The number of alkyl carbamates (subject to hydrolysis) is 1. The predicted molar refractivity (Wildman–Crippen MR) is 95.3 cm³/mol. The van der Waals surface area contributed by atoms with Gasteiger partial charge in [-0.15, -0.1) is 0 Å². The fraction of sp³-hybridized carbons (Fsp3) is 0.706. The molecule has 1 saturated carbocycles. The van der Waals surface area contributed by atoms with Crippen LogP contribution in [0, 0.1) is 0 Å². The van der Waals surface area contributed by atoms with E-state index in [2.05, 4.69) is 26.1 Å². The maximum absolute atomic E-state index is 11.8. The standard InChI is InChI=1S/C17H29N5O3/c1-17(2,3)25-16(23)21-13-7-5-12(6-8-13)20-15(18-4)19-11-14-9-10-24-22-14/h9-10,12-13H,5-8,11H2,1-4H3,(H,21,23)(H2,18,19,20). The highest BCUT2D eigenvalue weighted by molar-refractivity contribution is 5.79. The van der Waals surface area contributed by atoms with E-state index in [0.29, 0.717) is 12.6 Å². The van der Waals surface area contributed by atoms with Gasteiger partial charge < -0.3 is 25.2 Å². The SMILES string of the molecule is CN=C(NCc1ccon1)NC1CCC(NC(=O)OC(C)(C)C)CC1. The summed E-state index contributed by atoms with van der Waals surface area (Å²) in [5.74, 6) is 0.742. The van der Waals surface area contributed by atoms with Crippen LogP contribution in [0.15, 0.2) is 21.8 Å². The van der Waals surface area contributed by atoms with E-state index in [-0.39, 0.29) is 12.1 Å². The van der Waals surface area contributed by atoms with Gasteiger partial charge in [-0.2, -0.15) is 0 Å². The zero-order valence-electron chi connectivity index (χ0n) is 15.5. The van der Waals surface area contributed by atoms with Gasteiger partial charge in [-0.1, -0.05) is 5.16 Å². The van der Waals surface area contributed by atoms with Crippen molar-refractivity contribution in [3.8, 4) is 0 Å². The number of rotatable bonds is 4. The van der Waals surface area contributed by atoms with Crippen LogP contribution in [0.4, 0.5) is 4.79 Å². The van der Waals surface area contributed by atoms with Gasteiger partial charge in [-0.25, -0.2) is 4.79 Å². The van der Waals surface area contributed by atoms with Crippen molar-refractivity contribution in [3.63, 3.8) is 0 Å². The molecule has 1 heterocycles. The van der Waals surface area contributed by atoms with Crippen molar-refractivity contribution in [1.82, 2.24) is 21.1 Å². The van der Waals surface area contributed by atoms with Gasteiger partial charge in [0.05, 0.1) is 6.54 Å². The van der Waals surface area contributed by atoms with E-state index in [1.165, 1.54) is 0 Å². The van der Waals surface area contributed by atoms with Crippen molar-refractivity contribution < 1.29 is 14.1 Å². The maximum Gasteiger partial charge on any atom is 0.407 e. The Kier molecular flexibility index (Phi) is 6.66. The quantitative estimate of drug-likeness (QED) is 0.568. The Morgan fingerprint density at radius 3 is 2.44 bits per heavy atom. The molecule has 2 rings (SSSR count). The molecule has 0 aromatic carbocycles. The van der Waals surface area contributed by atoms with Crippen LogP contribution in [0.5, 0.6) is 0 Å². The largest absolute Gasteiger partial charge is 0.444 e. The normalized spacial score (nSPS) is 21.5. The Morgan fingerprint density at radius 2 is 1.92 bits per heavy atom. The van der Waals surface area contributed by atoms with Gasteiger partial charge in [-0.05, 0) is 46.5 Å². The Morgan fingerprint density at radius 1 is 1.28 bits per heavy atom. The molecular weight excluding hydrogens is 322 g/mol. The second-order valence-corrected chi connectivity index (χ2v) is 7.26. The molecule has 0 unspecified atom stereocenters. The highest BCUT2D eigenvalue weighted by atomic mass is 16.6. The first-order valence-electron chi connectivity index (χ1n) is 8.71. The molecule has 8 heteroatoms. The topological polar surface area (TPSA) is 101 Å². The monoisotopic (exact) mass is 351 g/mol. The molecule has 0 atom stereocenters. The van der Waals surface area contributed by atoms with E-state index in [0.717, 1.165) is 37.3 Å². The third-order valence-corrected chi connectivity index (χ3v) is 3.94. The van der Waals surface area contributed by atoms with Crippen LogP contribution in [0.25, 0.3) is 0 Å². The highest BCUT2D eigenvalue weighted by Crippen LogP contribution is 2.19. The Bertz CT molecular complexity index is 557. The molecule has 140 valence electrons. The molecule has 0 aliphatic heterocycles. The van der Waals surface area contributed by atoms with Crippen LogP contribution in [0.2, 0.25) is 0 Å². The summed E-state index contributed by atoms with van der Waals surface area (Å²) in [7, 11) is 1.74. The molecule has 1 aromatic rings. The molecule has 1 aliphatic carbocycles. The molecule has 1 amide bonds. The van der Waals surface area contributed by atoms with Crippen molar-refractivity contribution in [2.45, 2.75) is 70.7 Å². The lowest BCUT2D eigenvalue weighted by Gasteiger charge is -2.31. The number of hydrogen-bond donors (Lipinski definition) is 3. The third kappa shape index (κ3) is 7.03. The fourth-order valence-electron chi connectivity index (χ4n) is 2.75. The first-order chi connectivity index (χ1) is 11.9. The Hall–Kier alpha value is -2.25. The van der Waals surface area contributed by atoms with E-state index >= 15 is 0 Å². The minimum Gasteiger partial charge on any atom is -0.444 e. The van der Waals surface area contributed by atoms with Gasteiger partial charge in [0.15, 0.2) is 5.96 Å². The lowest BCUT2D eigenvalue weighted by Crippen LogP contribution is -2.47. The van der Waals surface area contributed by atoms with Crippen molar-refractivity contribution in [1.29, 1.82) is 0 Å². The third-order valence-electron chi connectivity index (χ3n) is 3.94. The van der Waals surface area contributed by atoms with Crippen molar-refractivity contribution in [3.05, 3.63) is 18.0 Å². The number of carbonyl (C=O) groups is 1. The van der Waals surface area contributed by atoms with Gasteiger partial charge in [0.1, 0.15) is 17.6 Å². The second-order valence-electron chi connectivity index (χ2n) is 7.26. The van der Waals surface area contributed by atoms with E-state index in [9.17, 15) is 4.79 Å². The summed E-state index contributed by atoms with van der Waals surface area (Å²) in [6.07, 6.45) is 4.96. The smallest absolute Gasteiger partial charge is 0.407 e. The highest BCUT2D eigenvalue weighted by Gasteiger charge is 2.25. The van der Waals surface area contributed by atoms with Gasteiger partial charge in [0.2, 0.25) is 0 Å². The molecule has 0 bridgehead atoms. The fourth-order valence-corrected chi connectivity index (χ4v) is 2.75. The molecule has 25 heavy (non-hydrogen) atoms. The van der Waals surface area contributed by atoms with Crippen LogP contribution in [-0.4, -0.2) is 41.9 Å². The van der Waals surface area contributed by atoms with Gasteiger partial charge in [0.25, 0.3) is 0 Å². The molecule has 1 fully saturated rings. The summed E-state index contributed by atoms with van der Waals surface area (Å²) in [5, 5.41) is 13.4. The molecule has 1 aromatic heterocycles. The zero-order chi connectivity index (χ0) is 18.3. The maximum atomic E-state index is 11.8. The number of carbonyl (C=O) groups excluding carboxylic acids is 1. The predicted octanol–water partition coefficient (Wildman–Crippen LogP) is 2.18. The van der Waals surface area contributed by atoms with E-state index in [4.69, 9.17) is 9.26 Å². The van der Waals surface area contributed by atoms with Crippen LogP contribution < -0.4 is 16.0 Å². The van der Waals surface area contributed by atoms with Gasteiger partial charge in [-0.3, -0.25) is 4.99 Å². The lowest BCUT2D eigenvalue weighted by molar-refractivity contribution is 0.0490. The lowest BCUT2D eigenvalue weighted by atomic mass is 9.91. The number of nitrogens with zero attached hydrogens (tertiary/aromatic N) is 2. The van der Waals surface area contributed by atoms with E-state index < -0.39 is 5.60 Å². The minimum atomic E-state index is -0.467. The van der Waals surface area contributed by atoms with Gasteiger partial charge >= 0.3 is 6.09 Å². The molecule has 0 spiro atoms. The molecule has 8 nitrogen and oxygen atoms in total. The number of ether oxygens (including phenoxy) is 1. The Labute approximate surface area is 148 Å². The second kappa shape index (κ2) is 8.73. The molecule has 0 radical (unpaired) electrons. The number of guanidine groups is 1. The number of aromatic nitrogens is 1. The number of hydrogen-bond acceptors (Lipinski definition) is 5. The first kappa shape index (κ1) is 19.1. The number of amides is 1. The van der Waals surface area contributed by atoms with Crippen LogP contribution >= 0.6 is 0 Å². The van der Waals surface area contributed by atoms with Crippen molar-refractivity contribution in [2.75, 3.05) is 7.05 Å². The molecular formula is C17H29N5O3. The molecule has 3 N–H and O–H groups in total. The summed E-state index contributed by atoms with van der Waals surface area (Å²) < 4.78 is 10.1. The summed E-state index contributed by atoms with van der Waals surface area (Å²) in [6, 6.07) is 2.31. The van der Waals surface area contributed by atoms with Crippen LogP contribution in [0.3, 0.4) is 0 Å². The van der Waals surface area contributed by atoms with E-state index in [1.807, 2.05) is 26.8 Å². The first-order valence-corrected chi connectivity index (χ1v) is 8.71. The summed E-state index contributed by atoms with van der Waals surface area (Å²) >= 11 is 0. The van der Waals surface area contributed by atoms with Crippen LogP contribution in [0.1, 0.15) is 52.1 Å². The van der Waals surface area contributed by atoms with Gasteiger partial charge in [0, 0.05) is 25.2 Å². The average Bonchev–Trinajstić information content (AvgIpc) is 3.04. The minimum absolute atomic E-state index is 0.165. The van der Waals surface area contributed by atoms with Crippen molar-refractivity contribution >= 4 is 12.1 Å². The summed E-state index contributed by atoms with van der Waals surface area (Å²) in [6.45, 7) is 6.16. The average molecular weight is 351 g/mol. The van der Waals surface area contributed by atoms with Crippen LogP contribution in [-0.2, 0) is 11.3 Å². The summed E-state index contributed by atoms with van der Waals surface area (Å²) in [5.41, 5.74) is 0.360. The van der Waals surface area contributed by atoms with E-state index in [1.54, 1.807) is 13.3 Å². The van der Waals surface area contributed by atoms with Crippen molar-refractivity contribution in [2.24, 2.45) is 4.99 Å². The zero-order valence-corrected chi connectivity index (χ0v) is 15.5. The summed E-state index contributed by atoms with van der Waals surface area (Å²) in [4.78, 5) is 16.1. The molecule has 0 saturated heterocycles. The number of aliphatic imine (C=N–C) groups is 1. The number of nitrogens with one attached hydrogen (secondary N) is 3. The Balaban J connectivity index is 1.69. The molecule has 1 aliphatic rings.